The van der Waals surface area contributed by atoms with E-state index in [1.165, 1.54) is 0 Å². The van der Waals surface area contributed by atoms with E-state index in [1.54, 1.807) is 0 Å². The largest absolute Gasteiger partial charge is 0.340 e. The summed E-state index contributed by atoms with van der Waals surface area (Å²) < 4.78 is 0. The van der Waals surface area contributed by atoms with E-state index in [0.29, 0.717) is 0 Å². The van der Waals surface area contributed by atoms with Gasteiger partial charge in [0, 0.05) is 13.1 Å². The summed E-state index contributed by atoms with van der Waals surface area (Å²) in [6.45, 7) is 1.54. The maximum absolute atomic E-state index is 14.0. The molecular formula is C42H40N6O2. The minimum absolute atomic E-state index is 0.0390. The van der Waals surface area contributed by atoms with Gasteiger partial charge in [-0.3, -0.25) is 9.59 Å². The highest BCUT2D eigenvalue weighted by molar-refractivity contribution is 5.93. The summed E-state index contributed by atoms with van der Waals surface area (Å²) in [5.41, 5.74) is 7.41. The Morgan fingerprint density at radius 2 is 1.00 bits per heavy atom. The number of aromatic amines is 2. The van der Waals surface area contributed by atoms with E-state index in [2.05, 4.69) is 80.4 Å². The van der Waals surface area contributed by atoms with Crippen LogP contribution in [0, 0.1) is 0 Å². The molecule has 2 saturated carbocycles. The lowest BCUT2D eigenvalue weighted by molar-refractivity contribution is -0.135. The summed E-state index contributed by atoms with van der Waals surface area (Å²) in [6, 6.07) is 33.2. The van der Waals surface area contributed by atoms with Crippen molar-refractivity contribution in [1.29, 1.82) is 0 Å². The Morgan fingerprint density at radius 1 is 0.580 bits per heavy atom. The minimum Gasteiger partial charge on any atom is -0.340 e. The molecule has 6 aromatic rings. The third-order valence-electron chi connectivity index (χ3n) is 12.0. The molecule has 4 fully saturated rings. The monoisotopic (exact) mass is 660 g/mol. The predicted octanol–water partition coefficient (Wildman–Crippen LogP) is 7.90. The third-order valence-corrected chi connectivity index (χ3v) is 12.0. The highest BCUT2D eigenvalue weighted by Crippen LogP contribution is 2.52. The Hall–Kier alpha value is -5.24. The van der Waals surface area contributed by atoms with Gasteiger partial charge >= 0.3 is 0 Å². The van der Waals surface area contributed by atoms with E-state index in [1.807, 2.05) is 36.4 Å². The number of fused-ring (bicyclic) bond motifs is 2. The van der Waals surface area contributed by atoms with Crippen LogP contribution in [0.3, 0.4) is 0 Å². The Morgan fingerprint density at radius 3 is 1.40 bits per heavy atom. The molecule has 8 heteroatoms. The number of likely N-dealkylation sites (tertiary alicyclic amines) is 2. The number of carbonyl (C=O) groups is 2. The minimum atomic E-state index is -0.374. The van der Waals surface area contributed by atoms with Crippen LogP contribution in [0.2, 0.25) is 0 Å². The van der Waals surface area contributed by atoms with Crippen LogP contribution in [0.5, 0.6) is 0 Å². The summed E-state index contributed by atoms with van der Waals surface area (Å²) in [4.78, 5) is 49.4. The van der Waals surface area contributed by atoms with Crippen LogP contribution in [-0.4, -0.2) is 54.6 Å². The molecule has 250 valence electrons. The van der Waals surface area contributed by atoms with Crippen molar-refractivity contribution in [3.63, 3.8) is 0 Å². The SMILES string of the molecule is O=C(N1CCC[C@H]1c1nc2cc(-c3ccc4[nH]c([C@@H]5CCCN5C(=O)C5(c6ccccc6)CC5)nc4c3)ccc2[nH]1)C1(c2ccccc2)CC1. The first-order valence-corrected chi connectivity index (χ1v) is 18.3. The van der Waals surface area contributed by atoms with Gasteiger partial charge in [-0.1, -0.05) is 72.8 Å². The molecule has 2 atom stereocenters. The number of amides is 2. The van der Waals surface area contributed by atoms with Crippen molar-refractivity contribution >= 4 is 33.9 Å². The van der Waals surface area contributed by atoms with E-state index in [0.717, 1.165) is 120 Å². The average Bonchev–Trinajstić information content (AvgIpc) is 3.84. The molecule has 0 radical (unpaired) electrons. The van der Waals surface area contributed by atoms with Crippen molar-refractivity contribution in [2.24, 2.45) is 0 Å². The fourth-order valence-corrected chi connectivity index (χ4v) is 8.88. The quantitative estimate of drug-likeness (QED) is 0.182. The zero-order valence-electron chi connectivity index (χ0n) is 28.1. The number of hydrogen-bond donors (Lipinski definition) is 2. The molecule has 2 aromatic heterocycles. The van der Waals surface area contributed by atoms with Crippen molar-refractivity contribution in [2.75, 3.05) is 13.1 Å². The van der Waals surface area contributed by atoms with Crippen LogP contribution in [0.1, 0.15) is 86.2 Å². The van der Waals surface area contributed by atoms with Crippen LogP contribution in [0.25, 0.3) is 33.2 Å². The molecule has 4 heterocycles. The van der Waals surface area contributed by atoms with Crippen molar-refractivity contribution in [3.05, 3.63) is 120 Å². The number of nitrogens with one attached hydrogen (secondary N) is 2. The topological polar surface area (TPSA) is 98.0 Å². The normalized spacial score (nSPS) is 22.0. The molecule has 2 aliphatic carbocycles. The molecule has 2 N–H and O–H groups in total. The first-order valence-electron chi connectivity index (χ1n) is 18.3. The van der Waals surface area contributed by atoms with Gasteiger partial charge in [-0.05, 0) is 97.9 Å². The second-order valence-corrected chi connectivity index (χ2v) is 14.9. The molecule has 2 amide bonds. The number of rotatable bonds is 7. The Labute approximate surface area is 290 Å². The molecule has 4 aromatic carbocycles. The lowest BCUT2D eigenvalue weighted by atomic mass is 9.94. The second-order valence-electron chi connectivity index (χ2n) is 14.9. The predicted molar refractivity (Wildman–Crippen MR) is 193 cm³/mol. The lowest BCUT2D eigenvalue weighted by Crippen LogP contribution is -2.39. The molecular weight excluding hydrogens is 621 g/mol. The Balaban J connectivity index is 0.901. The zero-order valence-corrected chi connectivity index (χ0v) is 28.1. The molecule has 10 rings (SSSR count). The number of aromatic nitrogens is 4. The fourth-order valence-electron chi connectivity index (χ4n) is 8.88. The van der Waals surface area contributed by atoms with Crippen LogP contribution in [0.15, 0.2) is 97.1 Å². The van der Waals surface area contributed by atoms with Crippen LogP contribution >= 0.6 is 0 Å². The first-order chi connectivity index (χ1) is 24.5. The first kappa shape index (κ1) is 29.7. The van der Waals surface area contributed by atoms with E-state index in [-0.39, 0.29) is 34.7 Å². The number of imidazole rings is 2. The number of hydrogen-bond acceptors (Lipinski definition) is 4. The average molecular weight is 661 g/mol. The van der Waals surface area contributed by atoms with Gasteiger partial charge in [0.2, 0.25) is 11.8 Å². The fraction of sp³-hybridized carbons (Fsp3) is 0.333. The maximum Gasteiger partial charge on any atom is 0.233 e. The van der Waals surface area contributed by atoms with Gasteiger partial charge in [0.1, 0.15) is 11.6 Å². The van der Waals surface area contributed by atoms with Gasteiger partial charge in [-0.2, -0.15) is 0 Å². The number of H-pyrrole nitrogens is 2. The maximum atomic E-state index is 14.0. The van der Waals surface area contributed by atoms with Gasteiger partial charge in [0.25, 0.3) is 0 Å². The molecule has 2 saturated heterocycles. The molecule has 0 bridgehead atoms. The number of nitrogens with zero attached hydrogens (tertiary/aromatic N) is 4. The highest BCUT2D eigenvalue weighted by atomic mass is 16.2. The standard InChI is InChI=1S/C42H40N6O2/c49-39(41(19-20-41)29-9-3-1-4-10-29)47-23-7-13-35(47)37-43-31-17-15-27(25-33(31)45-37)28-16-18-32-34(26-28)46-38(44-32)36-14-8-24-48(36)40(50)42(21-22-42)30-11-5-2-6-12-30/h1-6,9-12,15-18,25-26,35-36H,7-8,13-14,19-24H2,(H,43,45)(H,44,46)/t35-,36-/m0/s1. The molecule has 2 aliphatic heterocycles. The molecule has 0 spiro atoms. The Bertz CT molecular complexity index is 2100. The summed E-state index contributed by atoms with van der Waals surface area (Å²) in [5, 5.41) is 0. The summed E-state index contributed by atoms with van der Waals surface area (Å²) in [5.74, 6) is 2.23. The van der Waals surface area contributed by atoms with Crippen LogP contribution < -0.4 is 0 Å². The third kappa shape index (κ3) is 4.64. The van der Waals surface area contributed by atoms with Crippen LogP contribution in [0.4, 0.5) is 0 Å². The molecule has 0 unspecified atom stereocenters. The van der Waals surface area contributed by atoms with Gasteiger partial charge in [0.15, 0.2) is 0 Å². The van der Waals surface area contributed by atoms with Gasteiger partial charge < -0.3 is 19.8 Å². The van der Waals surface area contributed by atoms with Crippen molar-refractivity contribution < 1.29 is 9.59 Å². The Kier molecular flexibility index (Phi) is 6.61. The number of carbonyl (C=O) groups excluding carboxylic acids is 2. The van der Waals surface area contributed by atoms with Gasteiger partial charge in [-0.25, -0.2) is 9.97 Å². The molecule has 50 heavy (non-hydrogen) atoms. The lowest BCUT2D eigenvalue weighted by Gasteiger charge is -2.28. The highest BCUT2D eigenvalue weighted by Gasteiger charge is 2.55. The zero-order chi connectivity index (χ0) is 33.5. The molecule has 8 nitrogen and oxygen atoms in total. The second kappa shape index (κ2) is 11.1. The van der Waals surface area contributed by atoms with Gasteiger partial charge in [-0.15, -0.1) is 0 Å². The summed E-state index contributed by atoms with van der Waals surface area (Å²) >= 11 is 0. The van der Waals surface area contributed by atoms with E-state index in [4.69, 9.17) is 9.97 Å². The smallest absolute Gasteiger partial charge is 0.233 e. The summed E-state index contributed by atoms with van der Waals surface area (Å²) in [6.07, 6.45) is 7.45. The van der Waals surface area contributed by atoms with E-state index in [9.17, 15) is 9.59 Å². The van der Waals surface area contributed by atoms with E-state index >= 15 is 0 Å². The van der Waals surface area contributed by atoms with E-state index < -0.39 is 0 Å². The van der Waals surface area contributed by atoms with Gasteiger partial charge in [0.05, 0.1) is 45.0 Å². The molecule has 4 aliphatic rings. The van der Waals surface area contributed by atoms with Crippen molar-refractivity contribution in [3.8, 4) is 11.1 Å². The van der Waals surface area contributed by atoms with Crippen molar-refractivity contribution in [1.82, 2.24) is 29.7 Å². The van der Waals surface area contributed by atoms with Crippen LogP contribution in [-0.2, 0) is 20.4 Å². The number of benzene rings is 4. The van der Waals surface area contributed by atoms with Crippen molar-refractivity contribution in [2.45, 2.75) is 74.3 Å². The summed E-state index contributed by atoms with van der Waals surface area (Å²) in [7, 11) is 0.